The molecule has 0 aliphatic heterocycles. The summed E-state index contributed by atoms with van der Waals surface area (Å²) in [5.41, 5.74) is 4.97. The Morgan fingerprint density at radius 2 is 1.09 bits per heavy atom. The van der Waals surface area contributed by atoms with E-state index in [9.17, 15) is 19.5 Å². The molecule has 0 spiro atoms. The van der Waals surface area contributed by atoms with Crippen LogP contribution in [0.5, 0.6) is 0 Å². The Labute approximate surface area is 208 Å². The number of nitrogens with one attached hydrogen (secondary N) is 2. The molecule has 0 heterocycles. The molecule has 0 aliphatic rings. The second kappa shape index (κ2) is 24.3. The predicted molar refractivity (Wildman–Crippen MR) is 140 cm³/mol. The fourth-order valence-electron chi connectivity index (χ4n) is 4.23. The Hall–Kier alpha value is -1.79. The minimum Gasteiger partial charge on any atom is -0.480 e. The van der Waals surface area contributed by atoms with Gasteiger partial charge in [0.05, 0.1) is 0 Å². The molecule has 34 heavy (non-hydrogen) atoms. The Morgan fingerprint density at radius 1 is 0.676 bits per heavy atom. The van der Waals surface area contributed by atoms with Crippen molar-refractivity contribution in [2.24, 2.45) is 5.73 Å². The lowest BCUT2D eigenvalue weighted by Crippen LogP contribution is -2.41. The molecule has 0 rings (SSSR count). The molecule has 0 radical (unpaired) electrons. The molecule has 7 nitrogen and oxygen atoms in total. The van der Waals surface area contributed by atoms with Crippen LogP contribution in [0.2, 0.25) is 0 Å². The number of carboxylic acids is 1. The standard InChI is InChI=1S/C27H53N3O4/c1-2-3-4-5-6-7-8-9-10-11-12-13-14-15-16-17-18-19-22-25(31)30-24(26(32)33)21-20-23-29-27(28)34/h24H,2-23H2,1H3,(H,30,31)(H,32,33)(H3,28,29,34)/t24-/m0/s1. The number of unbranched alkanes of at least 4 members (excludes halogenated alkanes) is 17. The number of carbonyl (C=O) groups excluding carboxylic acids is 2. The van der Waals surface area contributed by atoms with Gasteiger partial charge in [-0.25, -0.2) is 9.59 Å². The van der Waals surface area contributed by atoms with Gasteiger partial charge in [-0.2, -0.15) is 0 Å². The van der Waals surface area contributed by atoms with Gasteiger partial charge < -0.3 is 21.5 Å². The highest BCUT2D eigenvalue weighted by molar-refractivity contribution is 5.83. The van der Waals surface area contributed by atoms with Crippen molar-refractivity contribution < 1.29 is 19.5 Å². The van der Waals surface area contributed by atoms with E-state index in [1.807, 2.05) is 0 Å². The summed E-state index contributed by atoms with van der Waals surface area (Å²) in [6, 6.07) is -1.55. The number of carboxylic acid groups (broad SMARTS) is 1. The molecule has 3 amide bonds. The maximum atomic E-state index is 12.0. The van der Waals surface area contributed by atoms with E-state index in [-0.39, 0.29) is 12.3 Å². The molecule has 0 saturated carbocycles. The molecule has 0 saturated heterocycles. The predicted octanol–water partition coefficient (Wildman–Crippen LogP) is 6.44. The second-order valence-electron chi connectivity index (χ2n) is 9.65. The Morgan fingerprint density at radius 3 is 1.47 bits per heavy atom. The van der Waals surface area contributed by atoms with Crippen molar-refractivity contribution in [1.82, 2.24) is 10.6 Å². The van der Waals surface area contributed by atoms with E-state index in [0.717, 1.165) is 19.3 Å². The van der Waals surface area contributed by atoms with Crippen LogP contribution in [-0.2, 0) is 9.59 Å². The summed E-state index contributed by atoms with van der Waals surface area (Å²) in [4.78, 5) is 33.9. The average Bonchev–Trinajstić information content (AvgIpc) is 2.80. The molecule has 0 aromatic heterocycles. The number of nitrogens with two attached hydrogens (primary N) is 1. The molecule has 0 aliphatic carbocycles. The molecular weight excluding hydrogens is 430 g/mol. The van der Waals surface area contributed by atoms with Crippen molar-refractivity contribution >= 4 is 17.9 Å². The summed E-state index contributed by atoms with van der Waals surface area (Å²) in [5.74, 6) is -1.27. The smallest absolute Gasteiger partial charge is 0.326 e. The minimum atomic E-state index is -1.05. The molecule has 0 unspecified atom stereocenters. The number of rotatable bonds is 25. The zero-order valence-electron chi connectivity index (χ0n) is 21.9. The summed E-state index contributed by atoms with van der Waals surface area (Å²) in [7, 11) is 0. The topological polar surface area (TPSA) is 122 Å². The molecular formula is C27H53N3O4. The normalized spacial score (nSPS) is 11.8. The monoisotopic (exact) mass is 483 g/mol. The van der Waals surface area contributed by atoms with Gasteiger partial charge in [0.25, 0.3) is 0 Å². The van der Waals surface area contributed by atoms with Gasteiger partial charge in [-0.15, -0.1) is 0 Å². The first-order chi connectivity index (χ1) is 16.5. The first-order valence-corrected chi connectivity index (χ1v) is 14.0. The first kappa shape index (κ1) is 32.2. The van der Waals surface area contributed by atoms with Crippen molar-refractivity contribution in [3.63, 3.8) is 0 Å². The van der Waals surface area contributed by atoms with Crippen LogP contribution < -0.4 is 16.4 Å². The van der Waals surface area contributed by atoms with Crippen molar-refractivity contribution in [2.45, 2.75) is 148 Å². The first-order valence-electron chi connectivity index (χ1n) is 14.0. The minimum absolute atomic E-state index is 0.216. The number of carbonyl (C=O) groups is 3. The zero-order valence-corrected chi connectivity index (χ0v) is 21.9. The van der Waals surface area contributed by atoms with Crippen LogP contribution >= 0.6 is 0 Å². The summed E-state index contributed by atoms with van der Waals surface area (Å²) < 4.78 is 0. The second-order valence-corrected chi connectivity index (χ2v) is 9.65. The third kappa shape index (κ3) is 23.4. The van der Waals surface area contributed by atoms with E-state index < -0.39 is 18.0 Å². The van der Waals surface area contributed by atoms with Gasteiger partial charge in [0.1, 0.15) is 6.04 Å². The van der Waals surface area contributed by atoms with Gasteiger partial charge in [0.15, 0.2) is 0 Å². The van der Waals surface area contributed by atoms with Crippen LogP contribution in [-0.4, -0.2) is 35.6 Å². The average molecular weight is 484 g/mol. The summed E-state index contributed by atoms with van der Waals surface area (Å²) in [6.07, 6.45) is 24.5. The fraction of sp³-hybridized carbons (Fsp3) is 0.889. The summed E-state index contributed by atoms with van der Waals surface area (Å²) in [5, 5.41) is 14.2. The third-order valence-corrected chi connectivity index (χ3v) is 6.36. The van der Waals surface area contributed by atoms with E-state index in [1.54, 1.807) is 0 Å². The third-order valence-electron chi connectivity index (χ3n) is 6.36. The summed E-state index contributed by atoms with van der Waals surface area (Å²) >= 11 is 0. The Bertz CT molecular complexity index is 514. The van der Waals surface area contributed by atoms with Crippen molar-refractivity contribution in [3.05, 3.63) is 0 Å². The van der Waals surface area contributed by atoms with Gasteiger partial charge in [0, 0.05) is 13.0 Å². The molecule has 0 fully saturated rings. The highest BCUT2D eigenvalue weighted by Gasteiger charge is 2.19. The van der Waals surface area contributed by atoms with E-state index in [2.05, 4.69) is 17.6 Å². The largest absolute Gasteiger partial charge is 0.480 e. The van der Waals surface area contributed by atoms with Gasteiger partial charge in [-0.05, 0) is 19.3 Å². The van der Waals surface area contributed by atoms with E-state index in [4.69, 9.17) is 5.73 Å². The molecule has 200 valence electrons. The van der Waals surface area contributed by atoms with Crippen LogP contribution in [0.15, 0.2) is 0 Å². The lowest BCUT2D eigenvalue weighted by atomic mass is 10.0. The van der Waals surface area contributed by atoms with E-state index >= 15 is 0 Å². The number of aliphatic carboxylic acids is 1. The van der Waals surface area contributed by atoms with Crippen LogP contribution in [0.25, 0.3) is 0 Å². The van der Waals surface area contributed by atoms with Crippen LogP contribution in [0, 0.1) is 0 Å². The van der Waals surface area contributed by atoms with Crippen molar-refractivity contribution in [2.75, 3.05) is 6.54 Å². The van der Waals surface area contributed by atoms with E-state index in [0.29, 0.717) is 19.4 Å². The van der Waals surface area contributed by atoms with E-state index in [1.165, 1.54) is 96.3 Å². The Balaban J connectivity index is 3.44. The van der Waals surface area contributed by atoms with Gasteiger partial charge in [0.2, 0.25) is 5.91 Å². The number of amides is 3. The van der Waals surface area contributed by atoms with Crippen LogP contribution in [0.3, 0.4) is 0 Å². The highest BCUT2D eigenvalue weighted by Crippen LogP contribution is 2.14. The number of hydrogen-bond acceptors (Lipinski definition) is 3. The number of primary amides is 1. The Kier molecular flexibility index (Phi) is 23.1. The maximum Gasteiger partial charge on any atom is 0.326 e. The van der Waals surface area contributed by atoms with Gasteiger partial charge in [-0.3, -0.25) is 4.79 Å². The van der Waals surface area contributed by atoms with Crippen molar-refractivity contribution in [1.29, 1.82) is 0 Å². The highest BCUT2D eigenvalue weighted by atomic mass is 16.4. The molecule has 5 N–H and O–H groups in total. The summed E-state index contributed by atoms with van der Waals surface area (Å²) in [6.45, 7) is 2.57. The lowest BCUT2D eigenvalue weighted by molar-refractivity contribution is -0.142. The quantitative estimate of drug-likeness (QED) is 0.112. The van der Waals surface area contributed by atoms with Gasteiger partial charge >= 0.3 is 12.0 Å². The zero-order chi connectivity index (χ0) is 25.3. The maximum absolute atomic E-state index is 12.0. The van der Waals surface area contributed by atoms with Gasteiger partial charge in [-0.1, -0.05) is 116 Å². The lowest BCUT2D eigenvalue weighted by Gasteiger charge is -2.14. The fourth-order valence-corrected chi connectivity index (χ4v) is 4.23. The van der Waals surface area contributed by atoms with Crippen LogP contribution in [0.1, 0.15) is 142 Å². The number of hydrogen-bond donors (Lipinski definition) is 4. The molecule has 0 aromatic rings. The molecule has 7 heteroatoms. The molecule has 0 bridgehead atoms. The molecule has 1 atom stereocenters. The number of urea groups is 1. The SMILES string of the molecule is CCCCCCCCCCCCCCCCCCCCC(=O)N[C@@H](CCCNC(N)=O)C(=O)O. The van der Waals surface area contributed by atoms with Crippen molar-refractivity contribution in [3.8, 4) is 0 Å². The van der Waals surface area contributed by atoms with Crippen LogP contribution in [0.4, 0.5) is 4.79 Å². The molecule has 0 aromatic carbocycles.